The molecule has 0 nitrogen and oxygen atoms in total. The average molecular weight is 208 g/mol. The summed E-state index contributed by atoms with van der Waals surface area (Å²) in [4.78, 5) is 0. The van der Waals surface area contributed by atoms with Crippen LogP contribution in [-0.4, -0.2) is 0 Å². The van der Waals surface area contributed by atoms with Gasteiger partial charge in [0.25, 0.3) is 0 Å². The third kappa shape index (κ3) is 1.67. The molecule has 0 radical (unpaired) electrons. The van der Waals surface area contributed by atoms with Gasteiger partial charge in [-0.15, -0.1) is 0 Å². The molecule has 0 saturated carbocycles. The van der Waals surface area contributed by atoms with E-state index in [-0.39, 0.29) is 7.43 Å². The molecule has 0 amide bonds. The molecule has 3 aromatic carbocycles. The van der Waals surface area contributed by atoms with Crippen molar-refractivity contribution in [3.8, 4) is 0 Å². The number of fused-ring (bicyclic) bond motifs is 2. The van der Waals surface area contributed by atoms with Crippen molar-refractivity contribution in [1.29, 1.82) is 0 Å². The van der Waals surface area contributed by atoms with Crippen LogP contribution in [0.15, 0.2) is 54.6 Å². The van der Waals surface area contributed by atoms with E-state index in [4.69, 9.17) is 0 Å². The molecule has 0 spiro atoms. The Morgan fingerprint density at radius 1 is 0.625 bits per heavy atom. The van der Waals surface area contributed by atoms with Crippen LogP contribution in [0.1, 0.15) is 13.0 Å². The zero-order valence-corrected chi connectivity index (χ0v) is 8.70. The molecule has 3 aromatic rings. The first-order valence-electron chi connectivity index (χ1n) is 5.22. The van der Waals surface area contributed by atoms with Gasteiger partial charge in [-0.2, -0.15) is 0 Å². The first-order valence-corrected chi connectivity index (χ1v) is 5.22. The van der Waals surface area contributed by atoms with Gasteiger partial charge in [-0.3, -0.25) is 0 Å². The van der Waals surface area contributed by atoms with Crippen molar-refractivity contribution in [2.75, 3.05) is 0 Å². The average Bonchev–Trinajstić information content (AvgIpc) is 2.26. The van der Waals surface area contributed by atoms with Crippen LogP contribution in [0.5, 0.6) is 0 Å². The fourth-order valence-corrected chi connectivity index (χ4v) is 2.06. The first kappa shape index (κ1) is 10.7. The van der Waals surface area contributed by atoms with E-state index in [2.05, 4.69) is 61.5 Å². The van der Waals surface area contributed by atoms with Gasteiger partial charge in [0, 0.05) is 0 Å². The highest BCUT2D eigenvalue weighted by atomic mass is 14.0. The Morgan fingerprint density at radius 3 is 1.88 bits per heavy atom. The summed E-state index contributed by atoms with van der Waals surface area (Å²) in [6, 6.07) is 19.6. The summed E-state index contributed by atoms with van der Waals surface area (Å²) in [6.07, 6.45) is 0. The van der Waals surface area contributed by atoms with Crippen molar-refractivity contribution in [1.82, 2.24) is 0 Å². The van der Waals surface area contributed by atoms with Crippen molar-refractivity contribution in [2.45, 2.75) is 14.4 Å². The second-order valence-corrected chi connectivity index (χ2v) is 4.05. The lowest BCUT2D eigenvalue weighted by Crippen LogP contribution is -1.77. The van der Waals surface area contributed by atoms with Crippen LogP contribution < -0.4 is 0 Å². The van der Waals surface area contributed by atoms with Crippen molar-refractivity contribution in [2.24, 2.45) is 0 Å². The molecular weight excluding hydrogens is 192 g/mol. The molecule has 0 heterocycles. The molecule has 0 unspecified atom stereocenters. The third-order valence-corrected chi connectivity index (χ3v) is 2.86. The summed E-state index contributed by atoms with van der Waals surface area (Å²) in [5.41, 5.74) is 1.32. The van der Waals surface area contributed by atoms with Crippen LogP contribution >= 0.6 is 0 Å². The molecule has 0 aromatic heterocycles. The van der Waals surface area contributed by atoms with Crippen LogP contribution in [0.2, 0.25) is 0 Å². The van der Waals surface area contributed by atoms with E-state index in [9.17, 15) is 0 Å². The molecule has 0 heteroatoms. The lowest BCUT2D eigenvalue weighted by Gasteiger charge is -2.02. The van der Waals surface area contributed by atoms with Crippen molar-refractivity contribution >= 4 is 21.5 Å². The van der Waals surface area contributed by atoms with Crippen molar-refractivity contribution in [3.63, 3.8) is 0 Å². The Balaban J connectivity index is 0.000000963. The molecule has 0 saturated heterocycles. The Labute approximate surface area is 96.5 Å². The van der Waals surface area contributed by atoms with E-state index >= 15 is 0 Å². The van der Waals surface area contributed by atoms with Gasteiger partial charge in [0.05, 0.1) is 0 Å². The zero-order valence-electron chi connectivity index (χ0n) is 8.70. The first-order chi connectivity index (χ1) is 7.33. The van der Waals surface area contributed by atoms with Gasteiger partial charge >= 0.3 is 0 Å². The molecule has 16 heavy (non-hydrogen) atoms. The standard InChI is InChI=1S/C15H12.CH4/c1-11-6-7-14-9-12-4-2-3-5-13(12)10-15(14)8-11;/h2-10H,1H3;1H4. The quantitative estimate of drug-likeness (QED) is 0.459. The normalized spacial score (nSPS) is 10.3. The SMILES string of the molecule is C.Cc1ccc2cc3ccccc3cc2c1. The molecule has 0 N–H and O–H groups in total. The Bertz CT molecular complexity index is 636. The second kappa shape index (κ2) is 3.97. The van der Waals surface area contributed by atoms with Gasteiger partial charge < -0.3 is 0 Å². The maximum atomic E-state index is 2.26. The largest absolute Gasteiger partial charge is 0.0776 e. The fourth-order valence-electron chi connectivity index (χ4n) is 2.06. The predicted octanol–water partition coefficient (Wildman–Crippen LogP) is 4.94. The molecule has 0 aliphatic carbocycles. The van der Waals surface area contributed by atoms with Gasteiger partial charge in [0.1, 0.15) is 0 Å². The molecule has 80 valence electrons. The second-order valence-electron chi connectivity index (χ2n) is 4.05. The highest BCUT2D eigenvalue weighted by molar-refractivity contribution is 5.98. The minimum absolute atomic E-state index is 0. The van der Waals surface area contributed by atoms with E-state index in [1.807, 2.05) is 0 Å². The summed E-state index contributed by atoms with van der Waals surface area (Å²) in [5, 5.41) is 5.28. The number of hydrogen-bond acceptors (Lipinski definition) is 0. The maximum absolute atomic E-state index is 2.26. The minimum Gasteiger partial charge on any atom is -0.0776 e. The Hall–Kier alpha value is -1.82. The lowest BCUT2D eigenvalue weighted by molar-refractivity contribution is 1.51. The summed E-state index contributed by atoms with van der Waals surface area (Å²) >= 11 is 0. The Kier molecular flexibility index (Phi) is 2.66. The van der Waals surface area contributed by atoms with Crippen LogP contribution in [0, 0.1) is 6.92 Å². The third-order valence-electron chi connectivity index (χ3n) is 2.86. The smallest absolute Gasteiger partial charge is 0.0175 e. The van der Waals surface area contributed by atoms with Crippen LogP contribution in [0.4, 0.5) is 0 Å². The summed E-state index contributed by atoms with van der Waals surface area (Å²) in [6.45, 7) is 2.13. The molecule has 0 aliphatic rings. The molecule has 0 bridgehead atoms. The summed E-state index contributed by atoms with van der Waals surface area (Å²) in [5.74, 6) is 0. The molecule has 0 fully saturated rings. The molecule has 3 rings (SSSR count). The van der Waals surface area contributed by atoms with Gasteiger partial charge in [-0.25, -0.2) is 0 Å². The zero-order chi connectivity index (χ0) is 10.3. The highest BCUT2D eigenvalue weighted by Crippen LogP contribution is 2.23. The monoisotopic (exact) mass is 208 g/mol. The highest BCUT2D eigenvalue weighted by Gasteiger charge is 1.97. The number of aryl methyl sites for hydroxylation is 1. The van der Waals surface area contributed by atoms with Crippen LogP contribution in [-0.2, 0) is 0 Å². The number of rotatable bonds is 0. The van der Waals surface area contributed by atoms with Gasteiger partial charge in [0.15, 0.2) is 0 Å². The van der Waals surface area contributed by atoms with Crippen LogP contribution in [0.3, 0.4) is 0 Å². The number of hydrogen-bond donors (Lipinski definition) is 0. The van der Waals surface area contributed by atoms with Crippen LogP contribution in [0.25, 0.3) is 21.5 Å². The van der Waals surface area contributed by atoms with E-state index in [0.29, 0.717) is 0 Å². The minimum atomic E-state index is 0. The van der Waals surface area contributed by atoms with E-state index in [1.165, 1.54) is 27.1 Å². The fraction of sp³-hybridized carbons (Fsp3) is 0.125. The maximum Gasteiger partial charge on any atom is -0.0175 e. The van der Waals surface area contributed by atoms with Crippen molar-refractivity contribution in [3.05, 3.63) is 60.2 Å². The van der Waals surface area contributed by atoms with Gasteiger partial charge in [-0.05, 0) is 40.6 Å². The molecule has 0 aliphatic heterocycles. The molecular formula is C16H16. The van der Waals surface area contributed by atoms with Crippen molar-refractivity contribution < 1.29 is 0 Å². The van der Waals surface area contributed by atoms with E-state index in [1.54, 1.807) is 0 Å². The van der Waals surface area contributed by atoms with Gasteiger partial charge in [0.2, 0.25) is 0 Å². The topological polar surface area (TPSA) is 0 Å². The van der Waals surface area contributed by atoms with E-state index in [0.717, 1.165) is 0 Å². The Morgan fingerprint density at radius 2 is 1.19 bits per heavy atom. The summed E-state index contributed by atoms with van der Waals surface area (Å²) < 4.78 is 0. The number of benzene rings is 3. The molecule has 0 atom stereocenters. The predicted molar refractivity (Wildman–Crippen MR) is 72.9 cm³/mol. The van der Waals surface area contributed by atoms with E-state index < -0.39 is 0 Å². The lowest BCUT2D eigenvalue weighted by atomic mass is 10.0. The summed E-state index contributed by atoms with van der Waals surface area (Å²) in [7, 11) is 0. The van der Waals surface area contributed by atoms with Gasteiger partial charge in [-0.1, -0.05) is 55.5 Å².